The summed E-state index contributed by atoms with van der Waals surface area (Å²) in [6.45, 7) is 4.03. The molecule has 0 N–H and O–H groups in total. The first-order valence-electron chi connectivity index (χ1n) is 9.84. The van der Waals surface area contributed by atoms with E-state index in [2.05, 4.69) is 96.9 Å². The Kier molecular flexibility index (Phi) is 6.67. The lowest BCUT2D eigenvalue weighted by atomic mass is 10.1. The van der Waals surface area contributed by atoms with Gasteiger partial charge in [0.15, 0.2) is 0 Å². The average Bonchev–Trinajstić information content (AvgIpc) is 3.29. The SMILES string of the molecule is C=CC[C@@H](CP(c1ccccc1)c1ccccc1)c1csc(-c2ccccc2)n1. The van der Waals surface area contributed by atoms with E-state index in [1.54, 1.807) is 11.3 Å². The predicted octanol–water partition coefficient (Wildman–Crippen LogP) is 6.60. The molecule has 4 rings (SSSR count). The van der Waals surface area contributed by atoms with E-state index in [0.29, 0.717) is 5.92 Å². The zero-order valence-electron chi connectivity index (χ0n) is 16.3. The first-order valence-corrected chi connectivity index (χ1v) is 12.2. The van der Waals surface area contributed by atoms with Crippen LogP contribution in [-0.4, -0.2) is 11.1 Å². The van der Waals surface area contributed by atoms with E-state index in [-0.39, 0.29) is 0 Å². The zero-order valence-corrected chi connectivity index (χ0v) is 18.0. The van der Waals surface area contributed by atoms with E-state index >= 15 is 0 Å². The van der Waals surface area contributed by atoms with Crippen molar-refractivity contribution in [2.45, 2.75) is 12.3 Å². The maximum Gasteiger partial charge on any atom is 0.123 e. The molecular formula is C26H24NPS. The summed E-state index contributed by atoms with van der Waals surface area (Å²) in [7, 11) is -0.454. The summed E-state index contributed by atoms with van der Waals surface area (Å²) >= 11 is 1.74. The van der Waals surface area contributed by atoms with Gasteiger partial charge in [-0.25, -0.2) is 4.98 Å². The van der Waals surface area contributed by atoms with Crippen LogP contribution in [0.15, 0.2) is 109 Å². The van der Waals surface area contributed by atoms with Crippen molar-refractivity contribution in [2.75, 3.05) is 6.16 Å². The van der Waals surface area contributed by atoms with Crippen LogP contribution in [0.3, 0.4) is 0 Å². The van der Waals surface area contributed by atoms with Crippen molar-refractivity contribution >= 4 is 29.9 Å². The number of rotatable bonds is 8. The molecule has 0 saturated heterocycles. The Bertz CT molecular complexity index is 989. The molecule has 144 valence electrons. The number of hydrogen-bond donors (Lipinski definition) is 0. The number of benzene rings is 3. The lowest BCUT2D eigenvalue weighted by Crippen LogP contribution is -2.17. The molecule has 1 atom stereocenters. The fraction of sp³-hybridized carbons (Fsp3) is 0.115. The summed E-state index contributed by atoms with van der Waals surface area (Å²) in [5.74, 6) is 0.368. The van der Waals surface area contributed by atoms with Gasteiger partial charge in [0, 0.05) is 16.9 Å². The molecule has 0 fully saturated rings. The summed E-state index contributed by atoms with van der Waals surface area (Å²) in [5, 5.41) is 6.17. The van der Waals surface area contributed by atoms with Gasteiger partial charge in [0.25, 0.3) is 0 Å². The summed E-state index contributed by atoms with van der Waals surface area (Å²) in [4.78, 5) is 5.02. The van der Waals surface area contributed by atoms with E-state index in [4.69, 9.17) is 4.98 Å². The normalized spacial score (nSPS) is 12.0. The highest BCUT2D eigenvalue weighted by Gasteiger charge is 2.22. The van der Waals surface area contributed by atoms with Gasteiger partial charge in [0.1, 0.15) is 5.01 Å². The molecule has 0 spiro atoms. The standard InChI is InChI=1S/C26H24NPS/c1-2-12-22(25-20-29-26(27-25)21-13-6-3-7-14-21)19-28(23-15-8-4-9-16-23)24-17-10-5-11-18-24/h2-11,13-18,20,22H,1,12,19H2/t22-/m0/s1. The zero-order chi connectivity index (χ0) is 19.9. The second kappa shape index (κ2) is 9.78. The highest BCUT2D eigenvalue weighted by Crippen LogP contribution is 2.41. The van der Waals surface area contributed by atoms with Crippen molar-refractivity contribution in [1.29, 1.82) is 0 Å². The number of nitrogens with zero attached hydrogens (tertiary/aromatic N) is 1. The fourth-order valence-corrected chi connectivity index (χ4v) is 6.94. The van der Waals surface area contributed by atoms with E-state index in [0.717, 1.165) is 17.6 Å². The van der Waals surface area contributed by atoms with Gasteiger partial charge in [-0.15, -0.1) is 17.9 Å². The Labute approximate surface area is 178 Å². The Morgan fingerprint density at radius 1 is 0.828 bits per heavy atom. The molecule has 29 heavy (non-hydrogen) atoms. The number of hydrogen-bond acceptors (Lipinski definition) is 2. The number of allylic oxidation sites excluding steroid dienone is 1. The molecule has 3 aromatic carbocycles. The summed E-state index contributed by atoms with van der Waals surface area (Å²) in [5.41, 5.74) is 2.38. The minimum Gasteiger partial charge on any atom is -0.241 e. The van der Waals surface area contributed by atoms with E-state index in [1.165, 1.54) is 21.9 Å². The van der Waals surface area contributed by atoms with Crippen molar-refractivity contribution < 1.29 is 0 Å². The van der Waals surface area contributed by atoms with Gasteiger partial charge in [-0.2, -0.15) is 0 Å². The molecule has 0 amide bonds. The molecule has 1 aromatic heterocycles. The Hall–Kier alpha value is -2.54. The number of aromatic nitrogens is 1. The van der Waals surface area contributed by atoms with Crippen LogP contribution in [0.2, 0.25) is 0 Å². The van der Waals surface area contributed by atoms with Gasteiger partial charge in [0.05, 0.1) is 5.69 Å². The summed E-state index contributed by atoms with van der Waals surface area (Å²) in [6.07, 6.45) is 4.06. The molecule has 0 unspecified atom stereocenters. The van der Waals surface area contributed by atoms with Crippen LogP contribution in [0.5, 0.6) is 0 Å². The van der Waals surface area contributed by atoms with Crippen LogP contribution in [0.4, 0.5) is 0 Å². The highest BCUT2D eigenvalue weighted by atomic mass is 32.1. The Morgan fingerprint density at radius 3 is 1.93 bits per heavy atom. The molecule has 1 heterocycles. The third kappa shape index (κ3) is 4.90. The monoisotopic (exact) mass is 413 g/mol. The third-order valence-corrected chi connectivity index (χ3v) is 8.51. The van der Waals surface area contributed by atoms with Crippen LogP contribution in [0.25, 0.3) is 10.6 Å². The van der Waals surface area contributed by atoms with Gasteiger partial charge in [-0.3, -0.25) is 0 Å². The predicted molar refractivity (Wildman–Crippen MR) is 129 cm³/mol. The molecule has 0 aliphatic rings. The second-order valence-corrected chi connectivity index (χ2v) is 10.1. The quantitative estimate of drug-likeness (QED) is 0.234. The molecule has 1 nitrogen and oxygen atoms in total. The lowest BCUT2D eigenvalue weighted by molar-refractivity contribution is 0.767. The van der Waals surface area contributed by atoms with Gasteiger partial charge in [-0.05, 0) is 31.1 Å². The van der Waals surface area contributed by atoms with Gasteiger partial charge < -0.3 is 0 Å². The maximum atomic E-state index is 5.02. The smallest absolute Gasteiger partial charge is 0.123 e. The lowest BCUT2D eigenvalue weighted by Gasteiger charge is -2.23. The van der Waals surface area contributed by atoms with E-state index < -0.39 is 7.92 Å². The molecule has 0 saturated carbocycles. The molecule has 0 bridgehead atoms. The van der Waals surface area contributed by atoms with Gasteiger partial charge in [0.2, 0.25) is 0 Å². The molecule has 0 aliphatic heterocycles. The molecule has 0 radical (unpaired) electrons. The van der Waals surface area contributed by atoms with Crippen molar-refractivity contribution in [3.63, 3.8) is 0 Å². The summed E-state index contributed by atoms with van der Waals surface area (Å²) in [6, 6.07) is 32.3. The Balaban J connectivity index is 1.65. The molecule has 3 heteroatoms. The molecule has 0 aliphatic carbocycles. The maximum absolute atomic E-state index is 5.02. The van der Waals surface area contributed by atoms with Crippen LogP contribution in [-0.2, 0) is 0 Å². The average molecular weight is 414 g/mol. The first-order chi connectivity index (χ1) is 14.3. The highest BCUT2D eigenvalue weighted by molar-refractivity contribution is 7.73. The third-order valence-electron chi connectivity index (χ3n) is 4.95. The van der Waals surface area contributed by atoms with Crippen molar-refractivity contribution in [1.82, 2.24) is 4.98 Å². The second-order valence-electron chi connectivity index (χ2n) is 6.95. The minimum atomic E-state index is -0.454. The minimum absolute atomic E-state index is 0.368. The molecular weight excluding hydrogens is 389 g/mol. The van der Waals surface area contributed by atoms with Crippen LogP contribution in [0.1, 0.15) is 18.0 Å². The van der Waals surface area contributed by atoms with Gasteiger partial charge >= 0.3 is 0 Å². The van der Waals surface area contributed by atoms with Crippen molar-refractivity contribution in [2.24, 2.45) is 0 Å². The Morgan fingerprint density at radius 2 is 1.38 bits per heavy atom. The van der Waals surface area contributed by atoms with Gasteiger partial charge in [-0.1, -0.05) is 97.1 Å². The van der Waals surface area contributed by atoms with Crippen molar-refractivity contribution in [3.8, 4) is 10.6 Å². The van der Waals surface area contributed by atoms with Crippen LogP contribution < -0.4 is 10.6 Å². The number of thiazole rings is 1. The summed E-state index contributed by atoms with van der Waals surface area (Å²) < 4.78 is 0. The topological polar surface area (TPSA) is 12.9 Å². The largest absolute Gasteiger partial charge is 0.241 e. The van der Waals surface area contributed by atoms with E-state index in [9.17, 15) is 0 Å². The van der Waals surface area contributed by atoms with E-state index in [1.807, 2.05) is 12.1 Å². The van der Waals surface area contributed by atoms with Crippen molar-refractivity contribution in [3.05, 3.63) is 115 Å². The van der Waals surface area contributed by atoms with Crippen LogP contribution >= 0.6 is 19.3 Å². The fourth-order valence-electron chi connectivity index (χ4n) is 3.47. The first kappa shape index (κ1) is 19.8. The van der Waals surface area contributed by atoms with Crippen LogP contribution in [0, 0.1) is 0 Å². The molecule has 4 aromatic rings.